The number of rotatable bonds is 1. The van der Waals surface area contributed by atoms with E-state index in [0.29, 0.717) is 11.7 Å². The molecule has 22 heavy (non-hydrogen) atoms. The van der Waals surface area contributed by atoms with E-state index in [9.17, 15) is 9.90 Å². The lowest BCUT2D eigenvalue weighted by Crippen LogP contribution is -2.53. The molecule has 0 bridgehead atoms. The first kappa shape index (κ1) is 15.2. The van der Waals surface area contributed by atoms with Gasteiger partial charge in [-0.25, -0.2) is 0 Å². The van der Waals surface area contributed by atoms with Crippen molar-refractivity contribution in [2.24, 2.45) is 35.0 Å². The van der Waals surface area contributed by atoms with Gasteiger partial charge in [0.2, 0.25) is 0 Å². The standard InChI is InChI=1S/C20H32O2/c1-3-20(22)11-9-18-17-6-4-13-12-14(21)5-7-15(13)16(17)8-10-19(18,20)2/h13,15-18,22H,3-12H2,1-2H3/t13-,15+,16-,17+,18+,19-,20-/m0/s1. The van der Waals surface area contributed by atoms with Gasteiger partial charge in [0.25, 0.3) is 0 Å². The second-order valence-corrected chi connectivity index (χ2v) is 9.10. The summed E-state index contributed by atoms with van der Waals surface area (Å²) >= 11 is 0. The van der Waals surface area contributed by atoms with Crippen LogP contribution in [0.25, 0.3) is 0 Å². The van der Waals surface area contributed by atoms with E-state index in [0.717, 1.165) is 55.8 Å². The van der Waals surface area contributed by atoms with Gasteiger partial charge in [0, 0.05) is 12.8 Å². The van der Waals surface area contributed by atoms with E-state index < -0.39 is 5.60 Å². The average Bonchev–Trinajstić information content (AvgIpc) is 2.79. The molecule has 124 valence electrons. The fourth-order valence-electron chi connectivity index (χ4n) is 7.35. The monoisotopic (exact) mass is 304 g/mol. The number of fused-ring (bicyclic) bond motifs is 5. The Morgan fingerprint density at radius 1 is 1.05 bits per heavy atom. The average molecular weight is 304 g/mol. The number of ketones is 1. The van der Waals surface area contributed by atoms with Gasteiger partial charge >= 0.3 is 0 Å². The molecular weight excluding hydrogens is 272 g/mol. The molecule has 0 heterocycles. The van der Waals surface area contributed by atoms with Crippen molar-refractivity contribution in [3.05, 3.63) is 0 Å². The summed E-state index contributed by atoms with van der Waals surface area (Å²) in [6, 6.07) is 0. The van der Waals surface area contributed by atoms with Crippen LogP contribution in [0.1, 0.15) is 78.1 Å². The van der Waals surface area contributed by atoms with Gasteiger partial charge in [-0.1, -0.05) is 13.8 Å². The Morgan fingerprint density at radius 2 is 1.86 bits per heavy atom. The Hall–Kier alpha value is -0.370. The number of Topliss-reactive ketones (excluding diaryl/α,β-unsaturated/α-hetero) is 1. The molecule has 0 aliphatic heterocycles. The summed E-state index contributed by atoms with van der Waals surface area (Å²) in [6.45, 7) is 4.56. The molecule has 2 nitrogen and oxygen atoms in total. The zero-order valence-electron chi connectivity index (χ0n) is 14.3. The summed E-state index contributed by atoms with van der Waals surface area (Å²) in [5.74, 6) is 4.43. The van der Waals surface area contributed by atoms with E-state index in [-0.39, 0.29) is 5.41 Å². The minimum Gasteiger partial charge on any atom is -0.389 e. The van der Waals surface area contributed by atoms with Crippen LogP contribution in [-0.4, -0.2) is 16.5 Å². The Labute approximate surface area is 135 Å². The molecule has 4 fully saturated rings. The molecule has 0 amide bonds. The van der Waals surface area contributed by atoms with Gasteiger partial charge in [-0.15, -0.1) is 0 Å². The third kappa shape index (κ3) is 1.92. The van der Waals surface area contributed by atoms with Crippen molar-refractivity contribution in [3.8, 4) is 0 Å². The van der Waals surface area contributed by atoms with Crippen molar-refractivity contribution in [1.29, 1.82) is 0 Å². The minimum atomic E-state index is -0.415. The van der Waals surface area contributed by atoms with Gasteiger partial charge in [-0.05, 0) is 86.4 Å². The molecule has 0 unspecified atom stereocenters. The number of carbonyl (C=O) groups is 1. The van der Waals surface area contributed by atoms with Crippen LogP contribution < -0.4 is 0 Å². The van der Waals surface area contributed by atoms with Crippen LogP contribution in [0.5, 0.6) is 0 Å². The first-order valence-corrected chi connectivity index (χ1v) is 9.72. The van der Waals surface area contributed by atoms with E-state index in [4.69, 9.17) is 0 Å². The minimum absolute atomic E-state index is 0.153. The summed E-state index contributed by atoms with van der Waals surface area (Å²) < 4.78 is 0. The molecule has 0 aromatic rings. The molecule has 2 heteroatoms. The second-order valence-electron chi connectivity index (χ2n) is 9.10. The van der Waals surface area contributed by atoms with E-state index in [1.165, 1.54) is 32.1 Å². The summed E-state index contributed by atoms with van der Waals surface area (Å²) in [7, 11) is 0. The SMILES string of the molecule is CC[C@]1(O)CC[C@@H]2[C@@H]3CC[C@H]4CC(=O)CC[C@H]4[C@@H]3CC[C@@]21C. The molecule has 4 aliphatic carbocycles. The van der Waals surface area contributed by atoms with Crippen molar-refractivity contribution in [2.45, 2.75) is 83.7 Å². The summed E-state index contributed by atoms with van der Waals surface area (Å²) in [4.78, 5) is 11.8. The Bertz CT molecular complexity index is 472. The van der Waals surface area contributed by atoms with E-state index in [1.54, 1.807) is 0 Å². The van der Waals surface area contributed by atoms with Crippen LogP contribution in [0, 0.1) is 35.0 Å². The summed E-state index contributed by atoms with van der Waals surface area (Å²) in [5.41, 5.74) is -0.262. The van der Waals surface area contributed by atoms with Crippen molar-refractivity contribution in [1.82, 2.24) is 0 Å². The topological polar surface area (TPSA) is 37.3 Å². The highest BCUT2D eigenvalue weighted by Crippen LogP contribution is 2.65. The number of carbonyl (C=O) groups excluding carboxylic acids is 1. The van der Waals surface area contributed by atoms with Crippen molar-refractivity contribution < 1.29 is 9.90 Å². The van der Waals surface area contributed by atoms with Crippen LogP contribution >= 0.6 is 0 Å². The first-order valence-electron chi connectivity index (χ1n) is 9.72. The summed E-state index contributed by atoms with van der Waals surface area (Å²) in [6.07, 6.45) is 11.1. The van der Waals surface area contributed by atoms with Crippen LogP contribution in [0.3, 0.4) is 0 Å². The van der Waals surface area contributed by atoms with Crippen LogP contribution in [0.2, 0.25) is 0 Å². The van der Waals surface area contributed by atoms with Crippen LogP contribution in [-0.2, 0) is 4.79 Å². The molecule has 0 saturated heterocycles. The molecule has 4 rings (SSSR count). The maximum Gasteiger partial charge on any atom is 0.133 e. The van der Waals surface area contributed by atoms with Gasteiger partial charge in [0.05, 0.1) is 5.60 Å². The molecule has 0 aromatic heterocycles. The zero-order valence-corrected chi connectivity index (χ0v) is 14.3. The predicted octanol–water partition coefficient (Wildman–Crippen LogP) is 4.35. The number of aliphatic hydroxyl groups is 1. The normalized spacial score (nSPS) is 54.5. The maximum atomic E-state index is 11.8. The number of hydrogen-bond donors (Lipinski definition) is 1. The lowest BCUT2D eigenvalue weighted by atomic mass is 9.49. The quantitative estimate of drug-likeness (QED) is 0.782. The van der Waals surface area contributed by atoms with Gasteiger partial charge in [0.1, 0.15) is 5.78 Å². The Balaban J connectivity index is 1.59. The maximum absolute atomic E-state index is 11.8. The summed E-state index contributed by atoms with van der Waals surface area (Å²) in [5, 5.41) is 11.2. The highest BCUT2D eigenvalue weighted by atomic mass is 16.3. The van der Waals surface area contributed by atoms with Gasteiger partial charge in [0.15, 0.2) is 0 Å². The highest BCUT2D eigenvalue weighted by Gasteiger charge is 2.61. The van der Waals surface area contributed by atoms with E-state index in [1.807, 2.05) is 0 Å². The van der Waals surface area contributed by atoms with Gasteiger partial charge in [-0.2, -0.15) is 0 Å². The third-order valence-corrected chi connectivity index (χ3v) is 8.67. The van der Waals surface area contributed by atoms with Crippen molar-refractivity contribution in [2.75, 3.05) is 0 Å². The Kier molecular flexibility index (Phi) is 3.49. The van der Waals surface area contributed by atoms with Crippen molar-refractivity contribution in [3.63, 3.8) is 0 Å². The second kappa shape index (κ2) is 5.06. The predicted molar refractivity (Wildman–Crippen MR) is 87.4 cm³/mol. The molecule has 0 aromatic carbocycles. The molecule has 1 N–H and O–H groups in total. The van der Waals surface area contributed by atoms with Crippen molar-refractivity contribution >= 4 is 5.78 Å². The van der Waals surface area contributed by atoms with Gasteiger partial charge < -0.3 is 5.11 Å². The van der Waals surface area contributed by atoms with Crippen LogP contribution in [0.4, 0.5) is 0 Å². The fraction of sp³-hybridized carbons (Fsp3) is 0.950. The molecule has 0 radical (unpaired) electrons. The first-order chi connectivity index (χ1) is 10.5. The molecule has 0 spiro atoms. The molecular formula is C20H32O2. The molecule has 7 atom stereocenters. The lowest BCUT2D eigenvalue weighted by Gasteiger charge is -2.57. The Morgan fingerprint density at radius 3 is 2.64 bits per heavy atom. The molecule has 4 saturated carbocycles. The van der Waals surface area contributed by atoms with Gasteiger partial charge in [-0.3, -0.25) is 4.79 Å². The van der Waals surface area contributed by atoms with E-state index in [2.05, 4.69) is 13.8 Å². The third-order valence-electron chi connectivity index (χ3n) is 8.67. The zero-order chi connectivity index (χ0) is 15.5. The molecule has 4 aliphatic rings. The lowest BCUT2D eigenvalue weighted by molar-refractivity contribution is -0.138. The highest BCUT2D eigenvalue weighted by molar-refractivity contribution is 5.79. The van der Waals surface area contributed by atoms with E-state index >= 15 is 0 Å². The number of hydrogen-bond acceptors (Lipinski definition) is 2. The fourth-order valence-corrected chi connectivity index (χ4v) is 7.35. The van der Waals surface area contributed by atoms with Crippen LogP contribution in [0.15, 0.2) is 0 Å². The smallest absolute Gasteiger partial charge is 0.133 e. The largest absolute Gasteiger partial charge is 0.389 e.